The van der Waals surface area contributed by atoms with Crippen LogP contribution in [0.25, 0.3) is 5.69 Å². The largest absolute Gasteiger partial charge is 0.323 e. The summed E-state index contributed by atoms with van der Waals surface area (Å²) in [7, 11) is 0. The SMILES string of the molecule is C(#Cc1ccccc1-n1cccc1)c1ccsc1. The molecule has 2 heterocycles. The zero-order valence-corrected chi connectivity index (χ0v) is 10.5. The normalized spacial score (nSPS) is 9.78. The molecule has 18 heavy (non-hydrogen) atoms. The zero-order chi connectivity index (χ0) is 12.2. The number of hydrogen-bond donors (Lipinski definition) is 0. The Balaban J connectivity index is 2.03. The van der Waals surface area contributed by atoms with Crippen LogP contribution in [-0.2, 0) is 0 Å². The maximum absolute atomic E-state index is 3.24. The Bertz CT molecular complexity index is 682. The fraction of sp³-hybridized carbons (Fsp3) is 0. The maximum atomic E-state index is 3.24. The third kappa shape index (κ3) is 2.22. The fourth-order valence-electron chi connectivity index (χ4n) is 1.77. The Morgan fingerprint density at radius 1 is 0.889 bits per heavy atom. The molecule has 2 heteroatoms. The van der Waals surface area contributed by atoms with Crippen LogP contribution in [-0.4, -0.2) is 4.57 Å². The van der Waals surface area contributed by atoms with Gasteiger partial charge in [0, 0.05) is 28.9 Å². The van der Waals surface area contributed by atoms with Gasteiger partial charge in [0.2, 0.25) is 0 Å². The highest BCUT2D eigenvalue weighted by molar-refractivity contribution is 7.08. The summed E-state index contributed by atoms with van der Waals surface area (Å²) in [5.74, 6) is 6.43. The van der Waals surface area contributed by atoms with Gasteiger partial charge in [-0.15, -0.1) is 0 Å². The predicted octanol–water partition coefficient (Wildman–Crippen LogP) is 3.94. The highest BCUT2D eigenvalue weighted by Gasteiger charge is 1.99. The van der Waals surface area contributed by atoms with Gasteiger partial charge in [0.05, 0.1) is 5.69 Å². The molecule has 2 aromatic heterocycles. The minimum Gasteiger partial charge on any atom is -0.323 e. The van der Waals surface area contributed by atoms with Crippen LogP contribution in [0.2, 0.25) is 0 Å². The molecule has 0 saturated carbocycles. The minimum atomic E-state index is 1.04. The van der Waals surface area contributed by atoms with E-state index in [0.717, 1.165) is 16.8 Å². The summed E-state index contributed by atoms with van der Waals surface area (Å²) in [5, 5.41) is 4.10. The molecule has 0 radical (unpaired) electrons. The Labute approximate surface area is 110 Å². The lowest BCUT2D eigenvalue weighted by Crippen LogP contribution is -1.93. The van der Waals surface area contributed by atoms with Gasteiger partial charge < -0.3 is 4.57 Å². The molecule has 0 bridgehead atoms. The van der Waals surface area contributed by atoms with Crippen molar-refractivity contribution in [1.82, 2.24) is 4.57 Å². The van der Waals surface area contributed by atoms with Gasteiger partial charge in [0.25, 0.3) is 0 Å². The van der Waals surface area contributed by atoms with Gasteiger partial charge in [0.1, 0.15) is 0 Å². The first-order chi connectivity index (χ1) is 8.93. The van der Waals surface area contributed by atoms with E-state index >= 15 is 0 Å². The van der Waals surface area contributed by atoms with E-state index in [9.17, 15) is 0 Å². The molecule has 0 unspecified atom stereocenters. The molecule has 1 aromatic carbocycles. The van der Waals surface area contributed by atoms with Gasteiger partial charge in [0.15, 0.2) is 0 Å². The average Bonchev–Trinajstić information content (AvgIpc) is 3.10. The second-order valence-electron chi connectivity index (χ2n) is 3.87. The number of hydrogen-bond acceptors (Lipinski definition) is 1. The van der Waals surface area contributed by atoms with Crippen molar-refractivity contribution in [2.75, 3.05) is 0 Å². The summed E-state index contributed by atoms with van der Waals surface area (Å²) in [6, 6.07) is 14.3. The van der Waals surface area contributed by atoms with Crippen LogP contribution in [0.3, 0.4) is 0 Å². The molecule has 0 aliphatic carbocycles. The van der Waals surface area contributed by atoms with E-state index in [1.54, 1.807) is 11.3 Å². The highest BCUT2D eigenvalue weighted by atomic mass is 32.1. The predicted molar refractivity (Wildman–Crippen MR) is 76.1 cm³/mol. The van der Waals surface area contributed by atoms with Crippen molar-refractivity contribution in [3.8, 4) is 17.5 Å². The van der Waals surface area contributed by atoms with Gasteiger partial charge >= 0.3 is 0 Å². The lowest BCUT2D eigenvalue weighted by Gasteiger charge is -2.05. The van der Waals surface area contributed by atoms with Gasteiger partial charge in [-0.1, -0.05) is 24.0 Å². The van der Waals surface area contributed by atoms with Gasteiger partial charge in [-0.05, 0) is 35.7 Å². The van der Waals surface area contributed by atoms with Gasteiger partial charge in [-0.25, -0.2) is 0 Å². The van der Waals surface area contributed by atoms with Crippen LogP contribution >= 0.6 is 11.3 Å². The molecule has 0 saturated heterocycles. The summed E-state index contributed by atoms with van der Waals surface area (Å²) in [6.45, 7) is 0. The third-order valence-electron chi connectivity index (χ3n) is 2.65. The lowest BCUT2D eigenvalue weighted by atomic mass is 10.1. The van der Waals surface area contributed by atoms with E-state index in [2.05, 4.69) is 33.9 Å². The molecule has 0 spiro atoms. The molecule has 0 aliphatic heterocycles. The van der Waals surface area contributed by atoms with Crippen molar-refractivity contribution >= 4 is 11.3 Å². The molecule has 3 aromatic rings. The second kappa shape index (κ2) is 4.95. The molecule has 0 amide bonds. The highest BCUT2D eigenvalue weighted by Crippen LogP contribution is 2.14. The van der Waals surface area contributed by atoms with Crippen LogP contribution in [0.1, 0.15) is 11.1 Å². The number of thiophene rings is 1. The van der Waals surface area contributed by atoms with Crippen LogP contribution < -0.4 is 0 Å². The molecular weight excluding hydrogens is 238 g/mol. The maximum Gasteiger partial charge on any atom is 0.0606 e. The molecule has 0 aliphatic rings. The molecule has 86 valence electrons. The number of benzene rings is 1. The first-order valence-electron chi connectivity index (χ1n) is 5.70. The smallest absolute Gasteiger partial charge is 0.0606 e. The van der Waals surface area contributed by atoms with Gasteiger partial charge in [-0.2, -0.15) is 11.3 Å². The second-order valence-corrected chi connectivity index (χ2v) is 4.65. The van der Waals surface area contributed by atoms with E-state index in [1.165, 1.54) is 0 Å². The lowest BCUT2D eigenvalue weighted by molar-refractivity contribution is 1.07. The molecular formula is C16H11NS. The van der Waals surface area contributed by atoms with Crippen LogP contribution in [0.5, 0.6) is 0 Å². The fourth-order valence-corrected chi connectivity index (χ4v) is 2.36. The summed E-state index contributed by atoms with van der Waals surface area (Å²) < 4.78 is 2.08. The Kier molecular flexibility index (Phi) is 2.99. The van der Waals surface area contributed by atoms with E-state index in [1.807, 2.05) is 48.1 Å². The molecule has 1 nitrogen and oxygen atoms in total. The summed E-state index contributed by atoms with van der Waals surface area (Å²) in [5.41, 5.74) is 3.23. The monoisotopic (exact) mass is 249 g/mol. The van der Waals surface area contributed by atoms with Crippen molar-refractivity contribution in [2.24, 2.45) is 0 Å². The Hall–Kier alpha value is -2.24. The summed E-state index contributed by atoms with van der Waals surface area (Å²) in [6.07, 6.45) is 4.07. The van der Waals surface area contributed by atoms with Crippen molar-refractivity contribution in [3.63, 3.8) is 0 Å². The number of aromatic nitrogens is 1. The van der Waals surface area contributed by atoms with Crippen LogP contribution in [0.4, 0.5) is 0 Å². The summed E-state index contributed by atoms with van der Waals surface area (Å²) in [4.78, 5) is 0. The quantitative estimate of drug-likeness (QED) is 0.576. The van der Waals surface area contributed by atoms with E-state index in [0.29, 0.717) is 0 Å². The van der Waals surface area contributed by atoms with Crippen molar-refractivity contribution in [2.45, 2.75) is 0 Å². The van der Waals surface area contributed by atoms with Crippen molar-refractivity contribution < 1.29 is 0 Å². The minimum absolute atomic E-state index is 1.04. The average molecular weight is 249 g/mol. The zero-order valence-electron chi connectivity index (χ0n) is 9.71. The molecule has 0 atom stereocenters. The summed E-state index contributed by atoms with van der Waals surface area (Å²) >= 11 is 1.67. The van der Waals surface area contributed by atoms with E-state index in [-0.39, 0.29) is 0 Å². The van der Waals surface area contributed by atoms with Gasteiger partial charge in [-0.3, -0.25) is 0 Å². The topological polar surface area (TPSA) is 4.93 Å². The van der Waals surface area contributed by atoms with E-state index in [4.69, 9.17) is 0 Å². The van der Waals surface area contributed by atoms with Crippen molar-refractivity contribution in [1.29, 1.82) is 0 Å². The molecule has 0 fully saturated rings. The Morgan fingerprint density at radius 3 is 2.50 bits per heavy atom. The first kappa shape index (κ1) is 10.9. The number of rotatable bonds is 1. The molecule has 0 N–H and O–H groups in total. The standard InChI is InChI=1S/C16H11NS/c1-2-6-16(17-10-3-4-11-17)15(5-1)8-7-14-9-12-18-13-14/h1-6,9-13H. The number of para-hydroxylation sites is 1. The number of nitrogens with zero attached hydrogens (tertiary/aromatic N) is 1. The third-order valence-corrected chi connectivity index (χ3v) is 3.33. The molecule has 3 rings (SSSR count). The van der Waals surface area contributed by atoms with Crippen LogP contribution in [0.15, 0.2) is 65.6 Å². The van der Waals surface area contributed by atoms with E-state index < -0.39 is 0 Å². The first-order valence-corrected chi connectivity index (χ1v) is 6.64. The Morgan fingerprint density at radius 2 is 1.72 bits per heavy atom. The van der Waals surface area contributed by atoms with Crippen LogP contribution in [0, 0.1) is 11.8 Å². The van der Waals surface area contributed by atoms with Crippen molar-refractivity contribution in [3.05, 3.63) is 76.7 Å².